The molecule has 0 aliphatic carbocycles. The van der Waals surface area contributed by atoms with E-state index in [2.05, 4.69) is 27.3 Å². The summed E-state index contributed by atoms with van der Waals surface area (Å²) in [5, 5.41) is 4.55. The zero-order chi connectivity index (χ0) is 26.1. The lowest BCUT2D eigenvalue weighted by atomic mass is 10.1. The van der Waals surface area contributed by atoms with Gasteiger partial charge in [-0.15, -0.1) is 11.3 Å². The summed E-state index contributed by atoms with van der Waals surface area (Å²) in [6.07, 6.45) is 2.60. The maximum atomic E-state index is 13.8. The summed E-state index contributed by atoms with van der Waals surface area (Å²) >= 11 is 1.32. The van der Waals surface area contributed by atoms with Crippen molar-refractivity contribution in [2.24, 2.45) is 0 Å². The van der Waals surface area contributed by atoms with Crippen molar-refractivity contribution < 1.29 is 9.53 Å². The van der Waals surface area contributed by atoms with Crippen molar-refractivity contribution in [3.63, 3.8) is 0 Å². The van der Waals surface area contributed by atoms with Crippen LogP contribution in [0.2, 0.25) is 0 Å². The molecule has 8 heteroatoms. The molecule has 1 unspecified atom stereocenters. The minimum atomic E-state index is -0.200. The average molecular weight is 525 g/mol. The number of amides is 1. The van der Waals surface area contributed by atoms with Crippen molar-refractivity contribution in [1.82, 2.24) is 19.8 Å². The molecule has 1 aliphatic rings. The molecular weight excluding hydrogens is 496 g/mol. The maximum absolute atomic E-state index is 13.8. The molecule has 2 aromatic carbocycles. The van der Waals surface area contributed by atoms with Crippen LogP contribution in [0.1, 0.15) is 27.3 Å². The number of rotatable bonds is 7. The molecule has 0 radical (unpaired) electrons. The van der Waals surface area contributed by atoms with Gasteiger partial charge in [-0.05, 0) is 30.2 Å². The normalized spacial score (nSPS) is 15.8. The number of likely N-dealkylation sites (tertiary alicyclic amines) is 1. The van der Waals surface area contributed by atoms with E-state index in [1.807, 2.05) is 60.7 Å². The number of carbonyl (C=O) groups excluding carboxylic acids is 1. The number of ether oxygens (including phenoxy) is 1. The molecule has 1 saturated heterocycles. The number of aromatic nitrogens is 2. The van der Waals surface area contributed by atoms with Crippen LogP contribution in [0, 0.1) is 0 Å². The molecule has 4 heterocycles. The SMILES string of the molecule is COc1c(C(=O)NC2CCN(Cc3ccccc3)C2)sc2c1c(=O)n(Cc1ccccn1)c1ccccc21. The predicted octanol–water partition coefficient (Wildman–Crippen LogP) is 4.67. The van der Waals surface area contributed by atoms with Gasteiger partial charge in [0, 0.05) is 37.3 Å². The first-order valence-corrected chi connectivity index (χ1v) is 13.5. The lowest BCUT2D eigenvalue weighted by Gasteiger charge is -2.16. The minimum Gasteiger partial charge on any atom is -0.494 e. The highest BCUT2D eigenvalue weighted by Crippen LogP contribution is 2.39. The maximum Gasteiger partial charge on any atom is 0.265 e. The second-order valence-corrected chi connectivity index (χ2v) is 10.6. The fourth-order valence-corrected chi connectivity index (χ4v) is 6.49. The third-order valence-corrected chi connectivity index (χ3v) is 8.28. The van der Waals surface area contributed by atoms with Gasteiger partial charge in [0.15, 0.2) is 5.75 Å². The molecule has 1 atom stereocenters. The van der Waals surface area contributed by atoms with E-state index in [4.69, 9.17) is 4.74 Å². The molecule has 3 aromatic heterocycles. The zero-order valence-electron chi connectivity index (χ0n) is 21.1. The minimum absolute atomic E-state index is 0.0405. The van der Waals surface area contributed by atoms with E-state index in [1.54, 1.807) is 10.8 Å². The van der Waals surface area contributed by atoms with Crippen LogP contribution in [-0.2, 0) is 13.1 Å². The van der Waals surface area contributed by atoms with Crippen LogP contribution in [0.4, 0.5) is 0 Å². The van der Waals surface area contributed by atoms with Crippen LogP contribution in [0.5, 0.6) is 5.75 Å². The largest absolute Gasteiger partial charge is 0.494 e. The van der Waals surface area contributed by atoms with E-state index >= 15 is 0 Å². The van der Waals surface area contributed by atoms with E-state index in [9.17, 15) is 9.59 Å². The molecule has 0 spiro atoms. The van der Waals surface area contributed by atoms with Crippen molar-refractivity contribution in [3.8, 4) is 5.75 Å². The van der Waals surface area contributed by atoms with Gasteiger partial charge >= 0.3 is 0 Å². The van der Waals surface area contributed by atoms with E-state index in [-0.39, 0.29) is 17.5 Å². The van der Waals surface area contributed by atoms with E-state index < -0.39 is 0 Å². The Morgan fingerprint density at radius 3 is 2.63 bits per heavy atom. The molecule has 1 aliphatic heterocycles. The summed E-state index contributed by atoms with van der Waals surface area (Å²) in [5.74, 6) is 0.140. The lowest BCUT2D eigenvalue weighted by molar-refractivity contribution is 0.0939. The molecule has 1 amide bonds. The quantitative estimate of drug-likeness (QED) is 0.335. The van der Waals surface area contributed by atoms with Crippen molar-refractivity contribution >= 4 is 38.2 Å². The Hall–Kier alpha value is -4.01. The topological polar surface area (TPSA) is 76.5 Å². The summed E-state index contributed by atoms with van der Waals surface area (Å²) in [4.78, 5) is 34.6. The number of fused-ring (bicyclic) bond motifs is 3. The standard InChI is InChI=1S/C30H28N4O3S/c1-37-26-25-27(23-12-5-6-13-24(23)34(30(25)36)19-21-11-7-8-15-31-21)38-28(26)29(35)32-22-14-16-33(18-22)17-20-9-3-2-4-10-20/h2-13,15,22H,14,16-19H2,1H3,(H,32,35). The molecule has 0 saturated carbocycles. The molecule has 5 aromatic rings. The van der Waals surface area contributed by atoms with Gasteiger partial charge in [0.1, 0.15) is 10.3 Å². The molecule has 7 nitrogen and oxygen atoms in total. The number of para-hydroxylation sites is 1. The predicted molar refractivity (Wildman–Crippen MR) is 151 cm³/mol. The van der Waals surface area contributed by atoms with E-state index in [0.29, 0.717) is 22.6 Å². The molecule has 0 bridgehead atoms. The average Bonchev–Trinajstić information content (AvgIpc) is 3.56. The van der Waals surface area contributed by atoms with Crippen LogP contribution < -0.4 is 15.6 Å². The van der Waals surface area contributed by atoms with Gasteiger partial charge in [0.2, 0.25) is 0 Å². The first-order chi connectivity index (χ1) is 18.6. The molecule has 1 fully saturated rings. The second kappa shape index (κ2) is 10.4. The van der Waals surface area contributed by atoms with Crippen LogP contribution >= 0.6 is 11.3 Å². The number of hydrogen-bond acceptors (Lipinski definition) is 6. The third kappa shape index (κ3) is 4.57. The Kier molecular flexibility index (Phi) is 6.66. The van der Waals surface area contributed by atoms with Gasteiger partial charge in [0.05, 0.1) is 29.6 Å². The number of benzene rings is 2. The Bertz CT molecular complexity index is 1660. The highest BCUT2D eigenvalue weighted by atomic mass is 32.1. The fourth-order valence-electron chi connectivity index (χ4n) is 5.29. The van der Waals surface area contributed by atoms with Crippen molar-refractivity contribution in [1.29, 1.82) is 0 Å². The van der Waals surface area contributed by atoms with Gasteiger partial charge in [-0.2, -0.15) is 0 Å². The first kappa shape index (κ1) is 24.3. The van der Waals surface area contributed by atoms with Crippen LogP contribution in [0.15, 0.2) is 83.8 Å². The summed E-state index contributed by atoms with van der Waals surface area (Å²) in [5.41, 5.74) is 2.66. The number of methoxy groups -OCH3 is 1. The molecule has 38 heavy (non-hydrogen) atoms. The number of nitrogens with zero attached hydrogens (tertiary/aromatic N) is 3. The van der Waals surface area contributed by atoms with Gasteiger partial charge in [-0.3, -0.25) is 19.5 Å². The highest BCUT2D eigenvalue weighted by molar-refractivity contribution is 7.22. The third-order valence-electron chi connectivity index (χ3n) is 7.08. The fraction of sp³-hybridized carbons (Fsp3) is 0.233. The Morgan fingerprint density at radius 2 is 1.84 bits per heavy atom. The van der Waals surface area contributed by atoms with Crippen molar-refractivity contribution in [3.05, 3.63) is 105 Å². The summed E-state index contributed by atoms with van der Waals surface area (Å²) in [6.45, 7) is 2.90. The number of carbonyl (C=O) groups is 1. The zero-order valence-corrected chi connectivity index (χ0v) is 21.9. The van der Waals surface area contributed by atoms with Crippen molar-refractivity contribution in [2.45, 2.75) is 25.6 Å². The lowest BCUT2D eigenvalue weighted by Crippen LogP contribution is -2.36. The Balaban J connectivity index is 1.33. The Morgan fingerprint density at radius 1 is 1.05 bits per heavy atom. The summed E-state index contributed by atoms with van der Waals surface area (Å²) in [6, 6.07) is 23.9. The van der Waals surface area contributed by atoms with E-state index in [0.717, 1.165) is 47.4 Å². The number of pyridine rings is 2. The van der Waals surface area contributed by atoms with Crippen LogP contribution in [-0.4, -0.2) is 46.6 Å². The smallest absolute Gasteiger partial charge is 0.265 e. The number of thiophene rings is 1. The second-order valence-electron chi connectivity index (χ2n) is 9.58. The van der Waals surface area contributed by atoms with Gasteiger partial charge < -0.3 is 14.6 Å². The number of nitrogens with one attached hydrogen (secondary N) is 1. The molecule has 192 valence electrons. The number of hydrogen-bond donors (Lipinski definition) is 1. The Labute approximate surface area is 224 Å². The van der Waals surface area contributed by atoms with Crippen molar-refractivity contribution in [2.75, 3.05) is 20.2 Å². The summed E-state index contributed by atoms with van der Waals surface area (Å²) < 4.78 is 8.21. The van der Waals surface area contributed by atoms with Crippen LogP contribution in [0.25, 0.3) is 21.0 Å². The summed E-state index contributed by atoms with van der Waals surface area (Å²) in [7, 11) is 1.52. The highest BCUT2D eigenvalue weighted by Gasteiger charge is 2.29. The molecular formula is C30H28N4O3S. The van der Waals surface area contributed by atoms with E-state index in [1.165, 1.54) is 24.0 Å². The monoisotopic (exact) mass is 524 g/mol. The van der Waals surface area contributed by atoms with Crippen LogP contribution in [0.3, 0.4) is 0 Å². The van der Waals surface area contributed by atoms with Gasteiger partial charge in [-0.1, -0.05) is 54.6 Å². The van der Waals surface area contributed by atoms with Gasteiger partial charge in [0.25, 0.3) is 11.5 Å². The van der Waals surface area contributed by atoms with Gasteiger partial charge in [-0.25, -0.2) is 0 Å². The molecule has 1 N–H and O–H groups in total. The first-order valence-electron chi connectivity index (χ1n) is 12.7. The molecule has 6 rings (SSSR count).